The molecule has 0 spiro atoms. The zero-order valence-corrected chi connectivity index (χ0v) is 13.6. The Bertz CT molecular complexity index is 878. The maximum absolute atomic E-state index is 12.3. The van der Waals surface area contributed by atoms with Crippen LogP contribution in [0.2, 0.25) is 0 Å². The second-order valence-corrected chi connectivity index (χ2v) is 5.92. The fourth-order valence-corrected chi connectivity index (χ4v) is 2.78. The van der Waals surface area contributed by atoms with E-state index in [4.69, 9.17) is 10.2 Å². The molecule has 0 radical (unpaired) electrons. The number of carbonyl (C=O) groups excluding carboxylic acids is 1. The third-order valence-corrected chi connectivity index (χ3v) is 4.11. The average molecular weight is 338 g/mol. The van der Waals surface area contributed by atoms with Gasteiger partial charge in [0.25, 0.3) is 0 Å². The summed E-state index contributed by atoms with van der Waals surface area (Å²) in [5.41, 5.74) is 8.58. The van der Waals surface area contributed by atoms with Crippen LogP contribution < -0.4 is 11.1 Å². The molecule has 5 N–H and O–H groups in total. The average Bonchev–Trinajstić information content (AvgIpc) is 2.99. The summed E-state index contributed by atoms with van der Waals surface area (Å²) in [5.74, 6) is -1.18. The molecule has 7 heteroatoms. The van der Waals surface area contributed by atoms with Gasteiger partial charge in [-0.2, -0.15) is 0 Å². The lowest BCUT2D eigenvalue weighted by Gasteiger charge is -2.17. The molecule has 1 atom stereocenters. The highest BCUT2D eigenvalue weighted by atomic mass is 16.4. The Morgan fingerprint density at radius 2 is 1.84 bits per heavy atom. The van der Waals surface area contributed by atoms with Gasteiger partial charge in [0.2, 0.25) is 5.91 Å². The number of nitrogens with one attached hydrogen (secondary N) is 1. The molecule has 6 nitrogen and oxygen atoms in total. The van der Waals surface area contributed by atoms with Crippen molar-refractivity contribution in [2.45, 2.75) is 18.8 Å². The van der Waals surface area contributed by atoms with E-state index in [9.17, 15) is 14.8 Å². The number of hydrogen-bond donors (Lipinski definition) is 4. The van der Waals surface area contributed by atoms with Crippen LogP contribution in [0, 0.1) is 0 Å². The minimum absolute atomic E-state index is 0.0715. The summed E-state index contributed by atoms with van der Waals surface area (Å²) in [5, 5.41) is 22.8. The molecule has 3 aromatic rings. The standard InChI is InChI=1S/C18H19BN2O4/c20-15-7-3-1-5-12(15)10-18(22)21-17(19(23)24)9-13-11-25-16-8-4-2-6-14(13)16/h1-8,11,17,23-24H,9-10,20H2,(H,21,22)/t17-/m0/s1. The van der Waals surface area contributed by atoms with Crippen molar-refractivity contribution in [3.63, 3.8) is 0 Å². The van der Waals surface area contributed by atoms with Crippen LogP contribution >= 0.6 is 0 Å². The highest BCUT2D eigenvalue weighted by Gasteiger charge is 2.27. The Balaban J connectivity index is 1.71. The molecule has 0 saturated carbocycles. The number of amides is 1. The van der Waals surface area contributed by atoms with Gasteiger partial charge in [0, 0.05) is 11.1 Å². The molecule has 1 amide bonds. The first-order valence-corrected chi connectivity index (χ1v) is 7.98. The number of benzene rings is 2. The van der Waals surface area contributed by atoms with Gasteiger partial charge in [-0.1, -0.05) is 36.4 Å². The van der Waals surface area contributed by atoms with E-state index in [2.05, 4.69) is 5.32 Å². The lowest BCUT2D eigenvalue weighted by molar-refractivity contribution is -0.120. The number of fused-ring (bicyclic) bond motifs is 1. The molecule has 1 aromatic heterocycles. The maximum Gasteiger partial charge on any atom is 0.475 e. The molecular weight excluding hydrogens is 319 g/mol. The fraction of sp³-hybridized carbons (Fsp3) is 0.167. The summed E-state index contributed by atoms with van der Waals surface area (Å²) >= 11 is 0. The third-order valence-electron chi connectivity index (χ3n) is 4.11. The number of furan rings is 1. The summed E-state index contributed by atoms with van der Waals surface area (Å²) in [7, 11) is -1.69. The van der Waals surface area contributed by atoms with E-state index in [0.717, 1.165) is 10.9 Å². The summed E-state index contributed by atoms with van der Waals surface area (Å²) in [6, 6.07) is 14.5. The van der Waals surface area contributed by atoms with Gasteiger partial charge in [0.15, 0.2) is 0 Å². The number of carbonyl (C=O) groups is 1. The zero-order chi connectivity index (χ0) is 17.8. The van der Waals surface area contributed by atoms with Crippen molar-refractivity contribution < 1.29 is 19.3 Å². The highest BCUT2D eigenvalue weighted by molar-refractivity contribution is 6.43. The number of nitrogens with two attached hydrogens (primary N) is 1. The Kier molecular flexibility index (Phi) is 5.07. The summed E-state index contributed by atoms with van der Waals surface area (Å²) in [4.78, 5) is 12.3. The van der Waals surface area contributed by atoms with E-state index in [1.807, 2.05) is 24.3 Å². The Morgan fingerprint density at radius 1 is 1.12 bits per heavy atom. The minimum atomic E-state index is -1.69. The van der Waals surface area contributed by atoms with E-state index in [0.29, 0.717) is 16.8 Å². The molecule has 1 heterocycles. The van der Waals surface area contributed by atoms with Crippen LogP contribution in [-0.2, 0) is 17.6 Å². The summed E-state index contributed by atoms with van der Waals surface area (Å²) < 4.78 is 5.45. The first-order chi connectivity index (χ1) is 12.0. The molecule has 0 unspecified atom stereocenters. The monoisotopic (exact) mass is 338 g/mol. The quantitative estimate of drug-likeness (QED) is 0.400. The molecule has 0 saturated heterocycles. The van der Waals surface area contributed by atoms with Gasteiger partial charge >= 0.3 is 7.12 Å². The molecule has 0 aliphatic heterocycles. The largest absolute Gasteiger partial charge is 0.475 e. The Hall–Kier alpha value is -2.77. The summed E-state index contributed by atoms with van der Waals surface area (Å²) in [6.07, 6.45) is 1.88. The SMILES string of the molecule is Nc1ccccc1CC(=O)N[C@@H](Cc1coc2ccccc12)B(O)O. The van der Waals surface area contributed by atoms with Gasteiger partial charge in [-0.05, 0) is 29.7 Å². The molecule has 0 aliphatic carbocycles. The minimum Gasteiger partial charge on any atom is -0.464 e. The van der Waals surface area contributed by atoms with E-state index < -0.39 is 13.1 Å². The lowest BCUT2D eigenvalue weighted by Crippen LogP contribution is -2.48. The van der Waals surface area contributed by atoms with Crippen molar-refractivity contribution in [2.24, 2.45) is 0 Å². The number of para-hydroxylation sites is 2. The predicted molar refractivity (Wildman–Crippen MR) is 96.6 cm³/mol. The van der Waals surface area contributed by atoms with Crippen LogP contribution in [0.25, 0.3) is 11.0 Å². The molecule has 3 rings (SSSR count). The summed E-state index contributed by atoms with van der Waals surface area (Å²) in [6.45, 7) is 0. The van der Waals surface area contributed by atoms with Crippen molar-refractivity contribution in [3.05, 3.63) is 65.9 Å². The number of hydrogen-bond acceptors (Lipinski definition) is 5. The van der Waals surface area contributed by atoms with Gasteiger partial charge in [-0.3, -0.25) is 4.79 Å². The zero-order valence-electron chi connectivity index (χ0n) is 13.6. The molecule has 0 bridgehead atoms. The fourth-order valence-electron chi connectivity index (χ4n) is 2.78. The molecule has 25 heavy (non-hydrogen) atoms. The molecule has 0 aliphatic rings. The topological polar surface area (TPSA) is 109 Å². The second kappa shape index (κ2) is 7.42. The number of rotatable bonds is 6. The van der Waals surface area contributed by atoms with Crippen molar-refractivity contribution in [3.8, 4) is 0 Å². The molecule has 0 fully saturated rings. The maximum atomic E-state index is 12.3. The van der Waals surface area contributed by atoms with Crippen molar-refractivity contribution in [2.75, 3.05) is 5.73 Å². The Labute approximate surface area is 145 Å². The smallest absolute Gasteiger partial charge is 0.464 e. The van der Waals surface area contributed by atoms with Crippen LogP contribution in [0.1, 0.15) is 11.1 Å². The van der Waals surface area contributed by atoms with Crippen molar-refractivity contribution >= 4 is 29.7 Å². The van der Waals surface area contributed by atoms with Gasteiger partial charge in [0.05, 0.1) is 18.6 Å². The van der Waals surface area contributed by atoms with E-state index in [1.165, 1.54) is 0 Å². The van der Waals surface area contributed by atoms with Crippen LogP contribution in [0.15, 0.2) is 59.2 Å². The normalized spacial score (nSPS) is 12.1. The Morgan fingerprint density at radius 3 is 2.60 bits per heavy atom. The van der Waals surface area contributed by atoms with Crippen LogP contribution in [-0.4, -0.2) is 29.0 Å². The first kappa shape index (κ1) is 17.1. The first-order valence-electron chi connectivity index (χ1n) is 7.98. The van der Waals surface area contributed by atoms with Crippen molar-refractivity contribution in [1.82, 2.24) is 5.32 Å². The van der Waals surface area contributed by atoms with Crippen LogP contribution in [0.5, 0.6) is 0 Å². The van der Waals surface area contributed by atoms with Crippen LogP contribution in [0.3, 0.4) is 0 Å². The molecule has 128 valence electrons. The van der Waals surface area contributed by atoms with Crippen molar-refractivity contribution in [1.29, 1.82) is 0 Å². The molecule has 2 aromatic carbocycles. The van der Waals surface area contributed by atoms with Gasteiger partial charge in [0.1, 0.15) is 5.58 Å². The van der Waals surface area contributed by atoms with Gasteiger partial charge in [-0.25, -0.2) is 0 Å². The molecular formula is C18H19BN2O4. The second-order valence-electron chi connectivity index (χ2n) is 5.92. The third kappa shape index (κ3) is 4.02. The highest BCUT2D eigenvalue weighted by Crippen LogP contribution is 2.22. The van der Waals surface area contributed by atoms with E-state index in [-0.39, 0.29) is 18.7 Å². The number of anilines is 1. The number of nitrogen functional groups attached to an aromatic ring is 1. The van der Waals surface area contributed by atoms with E-state index in [1.54, 1.807) is 30.5 Å². The van der Waals surface area contributed by atoms with E-state index >= 15 is 0 Å². The van der Waals surface area contributed by atoms with Gasteiger partial charge < -0.3 is 25.5 Å². The van der Waals surface area contributed by atoms with Gasteiger partial charge in [-0.15, -0.1) is 0 Å². The van der Waals surface area contributed by atoms with Crippen LogP contribution in [0.4, 0.5) is 5.69 Å². The predicted octanol–water partition coefficient (Wildman–Crippen LogP) is 1.30. The lowest BCUT2D eigenvalue weighted by atomic mass is 9.75.